The molecule has 0 radical (unpaired) electrons. The van der Waals surface area contributed by atoms with Gasteiger partial charge in [0.1, 0.15) is 10.8 Å². The van der Waals surface area contributed by atoms with Gasteiger partial charge in [0.2, 0.25) is 5.91 Å². The zero-order valence-electron chi connectivity index (χ0n) is 16.5. The quantitative estimate of drug-likeness (QED) is 0.452. The Kier molecular flexibility index (Phi) is 8.04. The summed E-state index contributed by atoms with van der Waals surface area (Å²) in [4.78, 5) is 36.3. The number of benzene rings is 1. The molecule has 7 nitrogen and oxygen atoms in total. The SMILES string of the molecule is CCOC(=O)c1c(NC(=O)CCCOc2ccc(Cl)cc2C)sc(C(N)=O)c1C. The van der Waals surface area contributed by atoms with E-state index < -0.39 is 11.9 Å². The van der Waals surface area contributed by atoms with Crippen molar-refractivity contribution < 1.29 is 23.9 Å². The molecule has 0 saturated carbocycles. The van der Waals surface area contributed by atoms with Crippen molar-refractivity contribution in [2.75, 3.05) is 18.5 Å². The molecule has 3 N–H and O–H groups in total. The van der Waals surface area contributed by atoms with Crippen molar-refractivity contribution in [1.29, 1.82) is 0 Å². The first-order chi connectivity index (χ1) is 13.7. The van der Waals surface area contributed by atoms with Crippen LogP contribution >= 0.6 is 22.9 Å². The highest BCUT2D eigenvalue weighted by molar-refractivity contribution is 7.18. The molecular formula is C20H23ClN2O5S. The van der Waals surface area contributed by atoms with Gasteiger partial charge in [0, 0.05) is 11.4 Å². The van der Waals surface area contributed by atoms with Crippen molar-refractivity contribution in [3.8, 4) is 5.75 Å². The van der Waals surface area contributed by atoms with Gasteiger partial charge < -0.3 is 20.5 Å². The molecule has 0 atom stereocenters. The van der Waals surface area contributed by atoms with Crippen LogP contribution in [0.25, 0.3) is 0 Å². The van der Waals surface area contributed by atoms with Gasteiger partial charge in [-0.3, -0.25) is 9.59 Å². The minimum atomic E-state index is -0.662. The largest absolute Gasteiger partial charge is 0.493 e. The van der Waals surface area contributed by atoms with Crippen LogP contribution in [-0.2, 0) is 9.53 Å². The number of primary amides is 1. The Morgan fingerprint density at radius 3 is 2.59 bits per heavy atom. The second-order valence-corrected chi connectivity index (χ2v) is 7.71. The Morgan fingerprint density at radius 1 is 1.24 bits per heavy atom. The van der Waals surface area contributed by atoms with Crippen LogP contribution in [-0.4, -0.2) is 31.0 Å². The molecule has 0 saturated heterocycles. The topological polar surface area (TPSA) is 108 Å². The maximum absolute atomic E-state index is 12.3. The number of anilines is 1. The first kappa shape index (κ1) is 22.7. The number of hydrogen-bond acceptors (Lipinski definition) is 6. The van der Waals surface area contributed by atoms with E-state index in [2.05, 4.69) is 5.32 Å². The number of carbonyl (C=O) groups excluding carboxylic acids is 3. The number of thiophene rings is 1. The van der Waals surface area contributed by atoms with Gasteiger partial charge in [-0.25, -0.2) is 4.79 Å². The monoisotopic (exact) mass is 438 g/mol. The standard InChI is InChI=1S/C20H23ClN2O5S/c1-4-27-20(26)16-12(3)17(18(22)25)29-19(16)23-15(24)6-5-9-28-14-8-7-13(21)10-11(14)2/h7-8,10H,4-6,9H2,1-3H3,(H2,22,25)(H,23,24). The lowest BCUT2D eigenvalue weighted by atomic mass is 10.1. The van der Waals surface area contributed by atoms with Crippen molar-refractivity contribution in [3.05, 3.63) is 44.8 Å². The molecule has 1 aromatic heterocycles. The average Bonchev–Trinajstić information content (AvgIpc) is 2.96. The molecule has 1 aromatic carbocycles. The number of halogens is 1. The second-order valence-electron chi connectivity index (χ2n) is 6.26. The number of carbonyl (C=O) groups is 3. The summed E-state index contributed by atoms with van der Waals surface area (Å²) in [6, 6.07) is 5.32. The van der Waals surface area contributed by atoms with E-state index in [1.54, 1.807) is 32.0 Å². The molecule has 156 valence electrons. The van der Waals surface area contributed by atoms with Gasteiger partial charge in [0.05, 0.1) is 23.7 Å². The third-order valence-corrected chi connectivity index (χ3v) is 5.50. The molecule has 0 aliphatic carbocycles. The van der Waals surface area contributed by atoms with Crippen LogP contribution in [0, 0.1) is 13.8 Å². The Labute approximate surface area is 178 Å². The molecule has 2 aromatic rings. The van der Waals surface area contributed by atoms with Gasteiger partial charge in [0.15, 0.2) is 0 Å². The van der Waals surface area contributed by atoms with Crippen LogP contribution in [0.2, 0.25) is 5.02 Å². The van der Waals surface area contributed by atoms with Crippen LogP contribution in [0.15, 0.2) is 18.2 Å². The highest BCUT2D eigenvalue weighted by atomic mass is 35.5. The van der Waals surface area contributed by atoms with Gasteiger partial charge in [-0.1, -0.05) is 11.6 Å². The van der Waals surface area contributed by atoms with Crippen LogP contribution in [0.5, 0.6) is 5.75 Å². The molecule has 0 spiro atoms. The van der Waals surface area contributed by atoms with Crippen LogP contribution in [0.3, 0.4) is 0 Å². The number of hydrogen-bond donors (Lipinski definition) is 2. The summed E-state index contributed by atoms with van der Waals surface area (Å²) in [5, 5.41) is 3.57. The number of nitrogens with one attached hydrogen (secondary N) is 1. The van der Waals surface area contributed by atoms with E-state index in [-0.39, 0.29) is 34.4 Å². The lowest BCUT2D eigenvalue weighted by molar-refractivity contribution is -0.116. The summed E-state index contributed by atoms with van der Waals surface area (Å²) in [5.41, 5.74) is 6.83. The molecule has 0 aliphatic heterocycles. The Morgan fingerprint density at radius 2 is 1.97 bits per heavy atom. The van der Waals surface area contributed by atoms with Crippen LogP contribution in [0.1, 0.15) is 50.9 Å². The average molecular weight is 439 g/mol. The molecule has 29 heavy (non-hydrogen) atoms. The predicted molar refractivity (Wildman–Crippen MR) is 113 cm³/mol. The Hall–Kier alpha value is -2.58. The number of esters is 1. The molecule has 0 bridgehead atoms. The van der Waals surface area contributed by atoms with E-state index in [1.165, 1.54) is 0 Å². The molecule has 0 aliphatic rings. The third-order valence-electron chi connectivity index (χ3n) is 4.05. The van der Waals surface area contributed by atoms with E-state index >= 15 is 0 Å². The summed E-state index contributed by atoms with van der Waals surface area (Å²) < 4.78 is 10.7. The number of aryl methyl sites for hydroxylation is 1. The van der Waals surface area contributed by atoms with Gasteiger partial charge in [-0.05, 0) is 56.5 Å². The zero-order chi connectivity index (χ0) is 21.6. The molecule has 0 fully saturated rings. The number of nitrogens with two attached hydrogens (primary N) is 1. The van der Waals surface area contributed by atoms with Crippen molar-refractivity contribution in [2.24, 2.45) is 5.73 Å². The van der Waals surface area contributed by atoms with Gasteiger partial charge in [0.25, 0.3) is 5.91 Å². The molecule has 2 amide bonds. The highest BCUT2D eigenvalue weighted by Crippen LogP contribution is 2.33. The predicted octanol–water partition coefficient (Wildman–Crippen LogP) is 4.09. The van der Waals surface area contributed by atoms with E-state index in [9.17, 15) is 14.4 Å². The second kappa shape index (κ2) is 10.3. The highest BCUT2D eigenvalue weighted by Gasteiger charge is 2.25. The fraction of sp³-hybridized carbons (Fsp3) is 0.350. The molecule has 9 heteroatoms. The summed E-state index contributed by atoms with van der Waals surface area (Å²) in [6.45, 7) is 5.68. The van der Waals surface area contributed by atoms with E-state index in [1.807, 2.05) is 6.92 Å². The summed E-state index contributed by atoms with van der Waals surface area (Å²) in [7, 11) is 0. The molecular weight excluding hydrogens is 416 g/mol. The first-order valence-corrected chi connectivity index (χ1v) is 10.2. The molecule has 2 rings (SSSR count). The van der Waals surface area contributed by atoms with Gasteiger partial charge >= 0.3 is 5.97 Å². The summed E-state index contributed by atoms with van der Waals surface area (Å²) >= 11 is 6.88. The third kappa shape index (κ3) is 5.95. The molecule has 1 heterocycles. The maximum Gasteiger partial charge on any atom is 0.341 e. The first-order valence-electron chi connectivity index (χ1n) is 9.03. The zero-order valence-corrected chi connectivity index (χ0v) is 18.0. The lowest BCUT2D eigenvalue weighted by Crippen LogP contribution is -2.15. The van der Waals surface area contributed by atoms with Gasteiger partial charge in [-0.15, -0.1) is 11.3 Å². The fourth-order valence-electron chi connectivity index (χ4n) is 2.66. The summed E-state index contributed by atoms with van der Waals surface area (Å²) in [5.74, 6) is -0.862. The van der Waals surface area contributed by atoms with E-state index in [0.29, 0.717) is 29.4 Å². The van der Waals surface area contributed by atoms with Gasteiger partial charge in [-0.2, -0.15) is 0 Å². The lowest BCUT2D eigenvalue weighted by Gasteiger charge is -2.10. The smallest absolute Gasteiger partial charge is 0.341 e. The van der Waals surface area contributed by atoms with Crippen molar-refractivity contribution in [3.63, 3.8) is 0 Å². The van der Waals surface area contributed by atoms with Crippen LogP contribution in [0.4, 0.5) is 5.00 Å². The Bertz CT molecular complexity index is 926. The maximum atomic E-state index is 12.3. The summed E-state index contributed by atoms with van der Waals surface area (Å²) in [6.07, 6.45) is 0.646. The fourth-order valence-corrected chi connectivity index (χ4v) is 3.95. The van der Waals surface area contributed by atoms with E-state index in [0.717, 1.165) is 16.9 Å². The normalized spacial score (nSPS) is 10.5. The van der Waals surface area contributed by atoms with E-state index in [4.69, 9.17) is 26.8 Å². The van der Waals surface area contributed by atoms with Crippen molar-refractivity contribution in [1.82, 2.24) is 0 Å². The number of ether oxygens (including phenoxy) is 2. The minimum Gasteiger partial charge on any atom is -0.493 e. The Balaban J connectivity index is 1.98. The van der Waals surface area contributed by atoms with Crippen molar-refractivity contribution >= 4 is 45.7 Å². The molecule has 0 unspecified atom stereocenters. The number of rotatable bonds is 9. The number of amides is 2. The minimum absolute atomic E-state index is 0.159. The van der Waals surface area contributed by atoms with Crippen molar-refractivity contribution in [2.45, 2.75) is 33.6 Å². The van der Waals surface area contributed by atoms with Crippen LogP contribution < -0.4 is 15.8 Å².